The number of furan rings is 1. The molecule has 2 heterocycles. The molecular weight excluding hydrogens is 354 g/mol. The molecule has 0 radical (unpaired) electrons. The number of halogens is 1. The summed E-state index contributed by atoms with van der Waals surface area (Å²) in [6.45, 7) is 1.40. The molecule has 140 valence electrons. The van der Waals surface area contributed by atoms with Crippen LogP contribution in [0.3, 0.4) is 0 Å². The van der Waals surface area contributed by atoms with Crippen molar-refractivity contribution < 1.29 is 14.0 Å². The maximum Gasteiger partial charge on any atom is 0.257 e. The molecule has 26 heavy (non-hydrogen) atoms. The Labute approximate surface area is 159 Å². The van der Waals surface area contributed by atoms with Crippen LogP contribution in [0.5, 0.6) is 0 Å². The summed E-state index contributed by atoms with van der Waals surface area (Å²) in [5.41, 5.74) is 6.68. The molecule has 1 saturated heterocycles. The van der Waals surface area contributed by atoms with E-state index >= 15 is 0 Å². The number of carbonyl (C=O) groups excluding carboxylic acids is 2. The number of nitrogens with zero attached hydrogens (tertiary/aromatic N) is 1. The van der Waals surface area contributed by atoms with Gasteiger partial charge in [0, 0.05) is 24.7 Å². The second kappa shape index (κ2) is 9.40. The molecule has 3 rings (SSSR count). The first-order chi connectivity index (χ1) is 12.2. The molecule has 1 aromatic carbocycles. The number of likely N-dealkylation sites (tertiary alicyclic amines) is 1. The molecule has 1 unspecified atom stereocenters. The largest absolute Gasteiger partial charge is 0.467 e. The Bertz CT molecular complexity index is 733. The first-order valence-corrected chi connectivity index (χ1v) is 8.60. The standard InChI is InChI=1S/C19H23N3O3.ClH/c20-11-17-10-15(13-25-17)19(24)22-9-5-4-8-16(22)12-21-18(23)14-6-2-1-3-7-14;/h1-3,6-7,10,13,16H,4-5,8-9,11-12,20H2,(H,21,23);1H. The van der Waals surface area contributed by atoms with E-state index in [1.807, 2.05) is 23.1 Å². The minimum absolute atomic E-state index is 0. The van der Waals surface area contributed by atoms with Crippen LogP contribution in [0.4, 0.5) is 0 Å². The summed E-state index contributed by atoms with van der Waals surface area (Å²) in [7, 11) is 0. The van der Waals surface area contributed by atoms with Gasteiger partial charge in [0.1, 0.15) is 12.0 Å². The molecule has 1 aliphatic rings. The molecule has 7 heteroatoms. The Morgan fingerprint density at radius 1 is 1.19 bits per heavy atom. The summed E-state index contributed by atoms with van der Waals surface area (Å²) in [6.07, 6.45) is 4.35. The summed E-state index contributed by atoms with van der Waals surface area (Å²) in [6, 6.07) is 10.8. The van der Waals surface area contributed by atoms with Gasteiger partial charge in [-0.15, -0.1) is 12.4 Å². The van der Waals surface area contributed by atoms with E-state index in [1.165, 1.54) is 6.26 Å². The van der Waals surface area contributed by atoms with Crippen molar-refractivity contribution in [1.82, 2.24) is 10.2 Å². The quantitative estimate of drug-likeness (QED) is 0.838. The van der Waals surface area contributed by atoms with Crippen molar-refractivity contribution in [2.75, 3.05) is 13.1 Å². The molecule has 1 aromatic heterocycles. The number of rotatable bonds is 5. The molecule has 0 bridgehead atoms. The van der Waals surface area contributed by atoms with Crippen LogP contribution in [0.1, 0.15) is 45.7 Å². The Balaban J connectivity index is 0.00000243. The Kier molecular flexibility index (Phi) is 7.24. The van der Waals surface area contributed by atoms with Crippen LogP contribution in [0.15, 0.2) is 47.1 Å². The highest BCUT2D eigenvalue weighted by atomic mass is 35.5. The molecule has 2 aromatic rings. The fourth-order valence-corrected chi connectivity index (χ4v) is 3.15. The third-order valence-electron chi connectivity index (χ3n) is 4.52. The van der Waals surface area contributed by atoms with Crippen molar-refractivity contribution in [1.29, 1.82) is 0 Å². The predicted molar refractivity (Wildman–Crippen MR) is 101 cm³/mol. The molecule has 3 N–H and O–H groups in total. The topological polar surface area (TPSA) is 88.6 Å². The van der Waals surface area contributed by atoms with Crippen LogP contribution in [-0.2, 0) is 6.54 Å². The van der Waals surface area contributed by atoms with Crippen LogP contribution < -0.4 is 11.1 Å². The highest BCUT2D eigenvalue weighted by molar-refractivity contribution is 5.95. The second-order valence-electron chi connectivity index (χ2n) is 6.23. The fraction of sp³-hybridized carbons (Fsp3) is 0.368. The number of nitrogens with two attached hydrogens (primary N) is 1. The smallest absolute Gasteiger partial charge is 0.257 e. The minimum Gasteiger partial charge on any atom is -0.467 e. The van der Waals surface area contributed by atoms with E-state index in [0.29, 0.717) is 30.0 Å². The maximum absolute atomic E-state index is 12.8. The third-order valence-corrected chi connectivity index (χ3v) is 4.52. The van der Waals surface area contributed by atoms with Gasteiger partial charge in [-0.25, -0.2) is 0 Å². The van der Waals surface area contributed by atoms with Gasteiger partial charge in [-0.1, -0.05) is 18.2 Å². The van der Waals surface area contributed by atoms with Crippen molar-refractivity contribution in [3.63, 3.8) is 0 Å². The Hall–Kier alpha value is -2.31. The van der Waals surface area contributed by atoms with Crippen LogP contribution in [0, 0.1) is 0 Å². The maximum atomic E-state index is 12.8. The number of carbonyl (C=O) groups is 2. The Morgan fingerprint density at radius 3 is 2.65 bits per heavy atom. The highest BCUT2D eigenvalue weighted by Gasteiger charge is 2.28. The monoisotopic (exact) mass is 377 g/mol. The zero-order valence-corrected chi connectivity index (χ0v) is 15.3. The van der Waals surface area contributed by atoms with E-state index in [2.05, 4.69) is 5.32 Å². The lowest BCUT2D eigenvalue weighted by Gasteiger charge is -2.35. The Morgan fingerprint density at radius 2 is 1.96 bits per heavy atom. The molecule has 2 amide bonds. The molecule has 0 saturated carbocycles. The van der Waals surface area contributed by atoms with Gasteiger partial charge < -0.3 is 20.4 Å². The molecule has 1 atom stereocenters. The first-order valence-electron chi connectivity index (χ1n) is 8.60. The molecular formula is C19H24ClN3O3. The molecule has 0 aliphatic carbocycles. The fourth-order valence-electron chi connectivity index (χ4n) is 3.15. The van der Waals surface area contributed by atoms with E-state index in [0.717, 1.165) is 19.3 Å². The van der Waals surface area contributed by atoms with E-state index in [9.17, 15) is 9.59 Å². The van der Waals surface area contributed by atoms with Gasteiger partial charge in [-0.05, 0) is 37.5 Å². The van der Waals surface area contributed by atoms with E-state index in [-0.39, 0.29) is 36.8 Å². The van der Waals surface area contributed by atoms with Gasteiger partial charge in [-0.3, -0.25) is 9.59 Å². The lowest BCUT2D eigenvalue weighted by Crippen LogP contribution is -2.49. The zero-order valence-electron chi connectivity index (χ0n) is 14.5. The van der Waals surface area contributed by atoms with E-state index < -0.39 is 0 Å². The zero-order chi connectivity index (χ0) is 17.6. The van der Waals surface area contributed by atoms with Gasteiger partial charge in [-0.2, -0.15) is 0 Å². The molecule has 6 nitrogen and oxygen atoms in total. The number of hydrogen-bond donors (Lipinski definition) is 2. The third kappa shape index (κ3) is 4.65. The molecule has 1 fully saturated rings. The van der Waals surface area contributed by atoms with Crippen LogP contribution >= 0.6 is 12.4 Å². The predicted octanol–water partition coefficient (Wildman–Crippen LogP) is 2.58. The lowest BCUT2D eigenvalue weighted by molar-refractivity contribution is 0.0601. The van der Waals surface area contributed by atoms with Crippen molar-refractivity contribution in [3.05, 3.63) is 59.5 Å². The summed E-state index contributed by atoms with van der Waals surface area (Å²) in [5.74, 6) is 0.406. The first kappa shape index (κ1) is 20.0. The summed E-state index contributed by atoms with van der Waals surface area (Å²) >= 11 is 0. The average molecular weight is 378 g/mol. The van der Waals surface area contributed by atoms with Crippen LogP contribution in [0.25, 0.3) is 0 Å². The number of piperidine rings is 1. The van der Waals surface area contributed by atoms with Gasteiger partial charge in [0.05, 0.1) is 12.1 Å². The lowest BCUT2D eigenvalue weighted by atomic mass is 10.0. The van der Waals surface area contributed by atoms with Crippen molar-refractivity contribution in [2.45, 2.75) is 31.8 Å². The van der Waals surface area contributed by atoms with Gasteiger partial charge in [0.2, 0.25) is 0 Å². The number of amides is 2. The number of hydrogen-bond acceptors (Lipinski definition) is 4. The molecule has 0 spiro atoms. The van der Waals surface area contributed by atoms with Gasteiger partial charge in [0.15, 0.2) is 0 Å². The number of nitrogens with one attached hydrogen (secondary N) is 1. The highest BCUT2D eigenvalue weighted by Crippen LogP contribution is 2.20. The molecule has 1 aliphatic heterocycles. The summed E-state index contributed by atoms with van der Waals surface area (Å²) < 4.78 is 5.27. The van der Waals surface area contributed by atoms with Crippen molar-refractivity contribution in [2.24, 2.45) is 5.73 Å². The SMILES string of the molecule is Cl.NCc1cc(C(=O)N2CCCCC2CNC(=O)c2ccccc2)co1. The van der Waals surface area contributed by atoms with Crippen molar-refractivity contribution >= 4 is 24.2 Å². The van der Waals surface area contributed by atoms with Crippen molar-refractivity contribution in [3.8, 4) is 0 Å². The van der Waals surface area contributed by atoms with Crippen LogP contribution in [-0.4, -0.2) is 35.8 Å². The second-order valence-corrected chi connectivity index (χ2v) is 6.23. The number of benzene rings is 1. The van der Waals surface area contributed by atoms with E-state index in [1.54, 1.807) is 18.2 Å². The van der Waals surface area contributed by atoms with Crippen LogP contribution in [0.2, 0.25) is 0 Å². The van der Waals surface area contributed by atoms with E-state index in [4.69, 9.17) is 10.2 Å². The van der Waals surface area contributed by atoms with Gasteiger partial charge >= 0.3 is 0 Å². The average Bonchev–Trinajstić information content (AvgIpc) is 3.16. The minimum atomic E-state index is -0.118. The van der Waals surface area contributed by atoms with Gasteiger partial charge in [0.25, 0.3) is 11.8 Å². The summed E-state index contributed by atoms with van der Waals surface area (Å²) in [5, 5.41) is 2.95. The summed E-state index contributed by atoms with van der Waals surface area (Å²) in [4.78, 5) is 26.8. The normalized spacial score (nSPS) is 16.7.